The van der Waals surface area contributed by atoms with Gasteiger partial charge in [0.1, 0.15) is 0 Å². The quantitative estimate of drug-likeness (QED) is 0.335. The Hall–Kier alpha value is -0.470. The zero-order chi connectivity index (χ0) is 17.6. The highest BCUT2D eigenvalue weighted by molar-refractivity contribution is 7.99. The normalized spacial score (nSPS) is 19.0. The van der Waals surface area contributed by atoms with Gasteiger partial charge in [0.15, 0.2) is 0 Å². The van der Waals surface area contributed by atoms with E-state index in [1.165, 1.54) is 88.4 Å². The van der Waals surface area contributed by atoms with Crippen LogP contribution in [0.4, 0.5) is 0 Å². The molecule has 0 saturated carbocycles. The Morgan fingerprint density at radius 1 is 0.960 bits per heavy atom. The fourth-order valence-electron chi connectivity index (χ4n) is 3.74. The lowest BCUT2D eigenvalue weighted by atomic mass is 10.0. The minimum Gasteiger partial charge on any atom is -0.378 e. The maximum atomic E-state index is 5.81. The third-order valence-corrected chi connectivity index (χ3v) is 6.84. The first kappa shape index (κ1) is 20.8. The molecule has 1 saturated heterocycles. The summed E-state index contributed by atoms with van der Waals surface area (Å²) in [5.41, 5.74) is 1.50. The van der Waals surface area contributed by atoms with Gasteiger partial charge in [0.25, 0.3) is 0 Å². The molecular weight excluding hydrogens is 324 g/mol. The molecule has 2 rings (SSSR count). The van der Waals surface area contributed by atoms with Gasteiger partial charge in [0.05, 0.1) is 6.10 Å². The van der Waals surface area contributed by atoms with Crippen LogP contribution in [0, 0.1) is 0 Å². The van der Waals surface area contributed by atoms with Gasteiger partial charge < -0.3 is 4.74 Å². The molecule has 2 atom stereocenters. The highest BCUT2D eigenvalue weighted by Crippen LogP contribution is 2.32. The van der Waals surface area contributed by atoms with E-state index >= 15 is 0 Å². The number of thioether (sulfide) groups is 1. The molecule has 1 aliphatic rings. The van der Waals surface area contributed by atoms with Crippen LogP contribution in [0.2, 0.25) is 0 Å². The SMILES string of the molecule is CCC(SCCCCCCCCCC1CCCCO1)c1ccccc1. The lowest BCUT2D eigenvalue weighted by Gasteiger charge is -2.22. The Bertz CT molecular complexity index is 413. The zero-order valence-corrected chi connectivity index (χ0v) is 17.1. The number of rotatable bonds is 13. The van der Waals surface area contributed by atoms with Crippen LogP contribution < -0.4 is 0 Å². The van der Waals surface area contributed by atoms with E-state index in [4.69, 9.17) is 4.74 Å². The minimum atomic E-state index is 0.585. The molecule has 1 heterocycles. The first-order valence-corrected chi connectivity index (χ1v) is 11.7. The highest BCUT2D eigenvalue weighted by Gasteiger charge is 2.12. The average molecular weight is 363 g/mol. The number of hydrogen-bond donors (Lipinski definition) is 0. The second kappa shape index (κ2) is 13.7. The van der Waals surface area contributed by atoms with E-state index < -0.39 is 0 Å². The van der Waals surface area contributed by atoms with Crippen molar-refractivity contribution in [2.24, 2.45) is 0 Å². The van der Waals surface area contributed by atoms with Crippen molar-refractivity contribution < 1.29 is 4.74 Å². The lowest BCUT2D eigenvalue weighted by Crippen LogP contribution is -2.18. The van der Waals surface area contributed by atoms with Gasteiger partial charge in [-0.2, -0.15) is 11.8 Å². The van der Waals surface area contributed by atoms with E-state index in [-0.39, 0.29) is 0 Å². The number of hydrogen-bond acceptors (Lipinski definition) is 2. The summed E-state index contributed by atoms with van der Waals surface area (Å²) >= 11 is 2.15. The summed E-state index contributed by atoms with van der Waals surface area (Å²) in [5.74, 6) is 1.31. The Kier molecular flexibility index (Phi) is 11.4. The van der Waals surface area contributed by atoms with Crippen LogP contribution in [-0.4, -0.2) is 18.5 Å². The summed E-state index contributed by atoms with van der Waals surface area (Å²) in [7, 11) is 0. The van der Waals surface area contributed by atoms with Crippen molar-refractivity contribution in [2.75, 3.05) is 12.4 Å². The largest absolute Gasteiger partial charge is 0.378 e. The molecule has 1 aromatic carbocycles. The molecule has 1 aromatic rings. The van der Waals surface area contributed by atoms with Crippen molar-refractivity contribution >= 4 is 11.8 Å². The Labute approximate surface area is 160 Å². The van der Waals surface area contributed by atoms with Crippen LogP contribution in [0.15, 0.2) is 30.3 Å². The predicted molar refractivity (Wildman–Crippen MR) is 112 cm³/mol. The molecule has 1 fully saturated rings. The van der Waals surface area contributed by atoms with Gasteiger partial charge in [-0.15, -0.1) is 0 Å². The van der Waals surface area contributed by atoms with Gasteiger partial charge in [-0.25, -0.2) is 0 Å². The van der Waals surface area contributed by atoms with Crippen LogP contribution in [0.25, 0.3) is 0 Å². The average Bonchev–Trinajstić information content (AvgIpc) is 2.68. The van der Waals surface area contributed by atoms with Crippen molar-refractivity contribution in [3.63, 3.8) is 0 Å². The first-order chi connectivity index (χ1) is 12.4. The second-order valence-electron chi connectivity index (χ2n) is 7.43. The van der Waals surface area contributed by atoms with E-state index in [1.54, 1.807) is 0 Å². The topological polar surface area (TPSA) is 9.23 Å². The second-order valence-corrected chi connectivity index (χ2v) is 8.74. The number of benzene rings is 1. The molecule has 0 bridgehead atoms. The first-order valence-electron chi connectivity index (χ1n) is 10.7. The van der Waals surface area contributed by atoms with E-state index in [0.717, 1.165) is 6.61 Å². The third-order valence-electron chi connectivity index (χ3n) is 5.31. The van der Waals surface area contributed by atoms with Gasteiger partial charge in [-0.05, 0) is 49.8 Å². The van der Waals surface area contributed by atoms with Crippen LogP contribution >= 0.6 is 11.8 Å². The maximum absolute atomic E-state index is 5.81. The molecule has 1 aliphatic heterocycles. The minimum absolute atomic E-state index is 0.585. The maximum Gasteiger partial charge on any atom is 0.0575 e. The number of unbranched alkanes of at least 4 members (excludes halogenated alkanes) is 6. The van der Waals surface area contributed by atoms with Gasteiger partial charge in [0.2, 0.25) is 0 Å². The summed E-state index contributed by atoms with van der Waals surface area (Å²) in [6, 6.07) is 11.0. The van der Waals surface area contributed by atoms with Crippen LogP contribution in [0.1, 0.15) is 94.8 Å². The summed E-state index contributed by atoms with van der Waals surface area (Å²) < 4.78 is 5.81. The summed E-state index contributed by atoms with van der Waals surface area (Å²) in [6.07, 6.45) is 16.9. The van der Waals surface area contributed by atoms with Crippen molar-refractivity contribution in [3.8, 4) is 0 Å². The molecule has 0 spiro atoms. The van der Waals surface area contributed by atoms with Crippen molar-refractivity contribution in [1.29, 1.82) is 0 Å². The Morgan fingerprint density at radius 3 is 2.36 bits per heavy atom. The van der Waals surface area contributed by atoms with E-state index in [9.17, 15) is 0 Å². The molecule has 2 heteroatoms. The molecule has 2 unspecified atom stereocenters. The zero-order valence-electron chi connectivity index (χ0n) is 16.3. The smallest absolute Gasteiger partial charge is 0.0575 e. The van der Waals surface area contributed by atoms with E-state index in [1.807, 2.05) is 0 Å². The van der Waals surface area contributed by atoms with Crippen LogP contribution in [0.5, 0.6) is 0 Å². The van der Waals surface area contributed by atoms with Gasteiger partial charge >= 0.3 is 0 Å². The molecule has 1 nitrogen and oxygen atoms in total. The molecular formula is C23H38OS. The molecule has 142 valence electrons. The van der Waals surface area contributed by atoms with Crippen LogP contribution in [0.3, 0.4) is 0 Å². The number of ether oxygens (including phenoxy) is 1. The molecule has 0 N–H and O–H groups in total. The summed E-state index contributed by atoms with van der Waals surface area (Å²) in [4.78, 5) is 0. The van der Waals surface area contributed by atoms with Crippen molar-refractivity contribution in [2.45, 2.75) is 95.3 Å². The highest BCUT2D eigenvalue weighted by atomic mass is 32.2. The Morgan fingerprint density at radius 2 is 1.68 bits per heavy atom. The lowest BCUT2D eigenvalue weighted by molar-refractivity contribution is 0.00977. The fourth-order valence-corrected chi connectivity index (χ4v) is 4.98. The predicted octanol–water partition coefficient (Wildman–Crippen LogP) is 7.56. The molecule has 0 aliphatic carbocycles. The van der Waals surface area contributed by atoms with E-state index in [0.29, 0.717) is 11.4 Å². The van der Waals surface area contributed by atoms with Crippen LogP contribution in [-0.2, 0) is 4.74 Å². The van der Waals surface area contributed by atoms with Crippen molar-refractivity contribution in [1.82, 2.24) is 0 Å². The standard InChI is InChI=1S/C23H38OS/c1-2-23(21-15-9-8-10-16-21)25-20-14-7-5-3-4-6-11-17-22-18-12-13-19-24-22/h8-10,15-16,22-23H,2-7,11-14,17-20H2,1H3. The summed E-state index contributed by atoms with van der Waals surface area (Å²) in [6.45, 7) is 3.31. The molecule has 25 heavy (non-hydrogen) atoms. The molecule has 0 amide bonds. The van der Waals surface area contributed by atoms with Gasteiger partial charge in [0, 0.05) is 11.9 Å². The van der Waals surface area contributed by atoms with Gasteiger partial charge in [-0.1, -0.05) is 75.8 Å². The van der Waals surface area contributed by atoms with Crippen molar-refractivity contribution in [3.05, 3.63) is 35.9 Å². The third kappa shape index (κ3) is 9.15. The molecule has 0 aromatic heterocycles. The van der Waals surface area contributed by atoms with Gasteiger partial charge in [-0.3, -0.25) is 0 Å². The van der Waals surface area contributed by atoms with E-state index in [2.05, 4.69) is 49.0 Å². The monoisotopic (exact) mass is 362 g/mol. The molecule has 0 radical (unpaired) electrons. The fraction of sp³-hybridized carbons (Fsp3) is 0.739. The Balaban J connectivity index is 1.39. The summed E-state index contributed by atoms with van der Waals surface area (Å²) in [5, 5.41) is 0.684.